The molecule has 0 unspecified atom stereocenters. The number of halogens is 1. The van der Waals surface area contributed by atoms with Crippen LogP contribution in [0.1, 0.15) is 16.8 Å². The lowest BCUT2D eigenvalue weighted by Gasteiger charge is -2.10. The summed E-state index contributed by atoms with van der Waals surface area (Å²) < 4.78 is 0. The molecule has 1 aromatic carbocycles. The third-order valence-electron chi connectivity index (χ3n) is 3.06. The van der Waals surface area contributed by atoms with Crippen LogP contribution >= 0.6 is 11.6 Å². The topological polar surface area (TPSA) is 70.2 Å². The van der Waals surface area contributed by atoms with Crippen LogP contribution in [0.2, 0.25) is 5.02 Å². The molecule has 0 radical (unpaired) electrons. The van der Waals surface area contributed by atoms with E-state index in [2.05, 4.69) is 25.5 Å². The minimum atomic E-state index is -0.272. The highest BCUT2D eigenvalue weighted by Crippen LogP contribution is 2.15. The maximum atomic E-state index is 12.1. The molecule has 6 nitrogen and oxygen atoms in total. The first-order chi connectivity index (χ1) is 11.0. The second-order valence-electron chi connectivity index (χ2n) is 5.34. The van der Waals surface area contributed by atoms with Crippen molar-refractivity contribution >= 4 is 29.1 Å². The van der Waals surface area contributed by atoms with Gasteiger partial charge in [0.1, 0.15) is 0 Å². The van der Waals surface area contributed by atoms with Gasteiger partial charge >= 0.3 is 0 Å². The predicted octanol–water partition coefficient (Wildman–Crippen LogP) is 2.75. The Morgan fingerprint density at radius 1 is 1.26 bits per heavy atom. The number of aromatic nitrogens is 2. The molecule has 1 heterocycles. The number of rotatable bonds is 7. The summed E-state index contributed by atoms with van der Waals surface area (Å²) in [5.74, 6) is 0.245. The highest BCUT2D eigenvalue weighted by molar-refractivity contribution is 6.30. The maximum Gasteiger partial charge on any atom is 0.258 e. The molecular weight excluding hydrogens is 314 g/mol. The normalized spacial score (nSPS) is 10.6. The van der Waals surface area contributed by atoms with Crippen LogP contribution in [0.5, 0.6) is 0 Å². The molecule has 7 heteroatoms. The van der Waals surface area contributed by atoms with Crippen molar-refractivity contribution in [3.8, 4) is 0 Å². The SMILES string of the molecule is CN(C)CCCNc1ncc(C(=O)Nc2cccc(Cl)c2)cn1. The van der Waals surface area contributed by atoms with Crippen molar-refractivity contribution in [3.63, 3.8) is 0 Å². The summed E-state index contributed by atoms with van der Waals surface area (Å²) in [5, 5.41) is 6.45. The zero-order valence-electron chi connectivity index (χ0n) is 13.2. The lowest BCUT2D eigenvalue weighted by atomic mass is 10.3. The van der Waals surface area contributed by atoms with Gasteiger partial charge in [-0.1, -0.05) is 17.7 Å². The fraction of sp³-hybridized carbons (Fsp3) is 0.312. The molecule has 122 valence electrons. The number of carbonyl (C=O) groups is 1. The van der Waals surface area contributed by atoms with Gasteiger partial charge in [-0.3, -0.25) is 4.79 Å². The van der Waals surface area contributed by atoms with Crippen LogP contribution in [0.4, 0.5) is 11.6 Å². The molecule has 1 amide bonds. The van der Waals surface area contributed by atoms with Crippen LogP contribution in [0.3, 0.4) is 0 Å². The molecule has 0 saturated heterocycles. The molecule has 23 heavy (non-hydrogen) atoms. The number of anilines is 2. The van der Waals surface area contributed by atoms with E-state index in [0.29, 0.717) is 22.2 Å². The van der Waals surface area contributed by atoms with Crippen LogP contribution in [-0.2, 0) is 0 Å². The van der Waals surface area contributed by atoms with Gasteiger partial charge in [-0.25, -0.2) is 9.97 Å². The molecule has 0 spiro atoms. The molecule has 1 aromatic heterocycles. The molecule has 0 aliphatic heterocycles. The molecule has 0 atom stereocenters. The molecule has 0 aliphatic carbocycles. The zero-order chi connectivity index (χ0) is 16.7. The Morgan fingerprint density at radius 3 is 2.65 bits per heavy atom. The van der Waals surface area contributed by atoms with E-state index in [0.717, 1.165) is 19.5 Å². The van der Waals surface area contributed by atoms with Crippen LogP contribution < -0.4 is 10.6 Å². The highest BCUT2D eigenvalue weighted by atomic mass is 35.5. The van der Waals surface area contributed by atoms with Crippen molar-refractivity contribution in [2.75, 3.05) is 37.8 Å². The number of nitrogens with one attached hydrogen (secondary N) is 2. The van der Waals surface area contributed by atoms with Gasteiger partial charge in [-0.15, -0.1) is 0 Å². The van der Waals surface area contributed by atoms with E-state index in [1.54, 1.807) is 24.3 Å². The third-order valence-corrected chi connectivity index (χ3v) is 3.30. The molecule has 2 aromatic rings. The Labute approximate surface area is 140 Å². The standard InChI is InChI=1S/C16H20ClN5O/c1-22(2)8-4-7-18-16-19-10-12(11-20-16)15(23)21-14-6-3-5-13(17)9-14/h3,5-6,9-11H,4,7-8H2,1-2H3,(H,21,23)(H,18,19,20). The summed E-state index contributed by atoms with van der Waals surface area (Å²) in [7, 11) is 4.06. The Hall–Kier alpha value is -2.18. The lowest BCUT2D eigenvalue weighted by Crippen LogP contribution is -2.17. The van der Waals surface area contributed by atoms with Gasteiger partial charge in [0.2, 0.25) is 5.95 Å². The highest BCUT2D eigenvalue weighted by Gasteiger charge is 2.08. The fourth-order valence-electron chi connectivity index (χ4n) is 1.90. The summed E-state index contributed by atoms with van der Waals surface area (Å²) >= 11 is 5.89. The van der Waals surface area contributed by atoms with E-state index in [1.165, 1.54) is 12.4 Å². The number of carbonyl (C=O) groups excluding carboxylic acids is 1. The monoisotopic (exact) mass is 333 g/mol. The van der Waals surface area contributed by atoms with Gasteiger partial charge in [0.15, 0.2) is 0 Å². The number of benzene rings is 1. The summed E-state index contributed by atoms with van der Waals surface area (Å²) in [6.45, 7) is 1.78. The Balaban J connectivity index is 1.87. The van der Waals surface area contributed by atoms with Gasteiger partial charge < -0.3 is 15.5 Å². The molecule has 0 bridgehead atoms. The quantitative estimate of drug-likeness (QED) is 0.762. The average molecular weight is 334 g/mol. The van der Waals surface area contributed by atoms with Crippen LogP contribution in [0.25, 0.3) is 0 Å². The van der Waals surface area contributed by atoms with Gasteiger partial charge in [0.25, 0.3) is 5.91 Å². The first-order valence-corrected chi connectivity index (χ1v) is 7.70. The van der Waals surface area contributed by atoms with Gasteiger partial charge in [-0.2, -0.15) is 0 Å². The van der Waals surface area contributed by atoms with E-state index in [1.807, 2.05) is 14.1 Å². The molecule has 0 aliphatic rings. The van der Waals surface area contributed by atoms with Gasteiger partial charge in [-0.05, 0) is 45.3 Å². The fourth-order valence-corrected chi connectivity index (χ4v) is 2.09. The largest absolute Gasteiger partial charge is 0.354 e. The summed E-state index contributed by atoms with van der Waals surface area (Å²) in [4.78, 5) is 22.5. The zero-order valence-corrected chi connectivity index (χ0v) is 14.0. The van der Waals surface area contributed by atoms with Crippen molar-refractivity contribution in [1.82, 2.24) is 14.9 Å². The van der Waals surface area contributed by atoms with Crippen molar-refractivity contribution in [2.45, 2.75) is 6.42 Å². The Bertz CT molecular complexity index is 645. The predicted molar refractivity (Wildman–Crippen MR) is 93.1 cm³/mol. The number of amides is 1. The maximum absolute atomic E-state index is 12.1. The first kappa shape index (κ1) is 17.2. The van der Waals surface area contributed by atoms with Crippen molar-refractivity contribution in [2.24, 2.45) is 0 Å². The summed E-state index contributed by atoms with van der Waals surface area (Å²) in [6, 6.07) is 6.97. The minimum absolute atomic E-state index is 0.272. The number of hydrogen-bond donors (Lipinski definition) is 2. The van der Waals surface area contributed by atoms with Crippen molar-refractivity contribution in [1.29, 1.82) is 0 Å². The van der Waals surface area contributed by atoms with Crippen LogP contribution in [0, 0.1) is 0 Å². The average Bonchev–Trinajstić information content (AvgIpc) is 2.52. The van der Waals surface area contributed by atoms with E-state index in [-0.39, 0.29) is 5.91 Å². The number of nitrogens with zero attached hydrogens (tertiary/aromatic N) is 3. The van der Waals surface area contributed by atoms with E-state index in [9.17, 15) is 4.79 Å². The smallest absolute Gasteiger partial charge is 0.258 e. The van der Waals surface area contributed by atoms with Crippen molar-refractivity contribution in [3.05, 3.63) is 47.2 Å². The second kappa shape index (κ2) is 8.45. The van der Waals surface area contributed by atoms with E-state index < -0.39 is 0 Å². The van der Waals surface area contributed by atoms with Crippen LogP contribution in [-0.4, -0.2) is 48.0 Å². The molecular formula is C16H20ClN5O. The molecule has 2 N–H and O–H groups in total. The minimum Gasteiger partial charge on any atom is -0.354 e. The molecule has 0 fully saturated rings. The molecule has 2 rings (SSSR count). The second-order valence-corrected chi connectivity index (χ2v) is 5.78. The summed E-state index contributed by atoms with van der Waals surface area (Å²) in [6.07, 6.45) is 4.00. The van der Waals surface area contributed by atoms with Gasteiger partial charge in [0, 0.05) is 29.6 Å². The summed E-state index contributed by atoms with van der Waals surface area (Å²) in [5.41, 5.74) is 1.03. The lowest BCUT2D eigenvalue weighted by molar-refractivity contribution is 0.102. The first-order valence-electron chi connectivity index (χ1n) is 7.32. The number of hydrogen-bond acceptors (Lipinski definition) is 5. The Morgan fingerprint density at radius 2 is 2.00 bits per heavy atom. The Kier molecular flexibility index (Phi) is 6.31. The van der Waals surface area contributed by atoms with Crippen LogP contribution in [0.15, 0.2) is 36.7 Å². The van der Waals surface area contributed by atoms with E-state index >= 15 is 0 Å². The van der Waals surface area contributed by atoms with E-state index in [4.69, 9.17) is 11.6 Å². The van der Waals surface area contributed by atoms with Crippen molar-refractivity contribution < 1.29 is 4.79 Å². The van der Waals surface area contributed by atoms with Gasteiger partial charge in [0.05, 0.1) is 5.56 Å². The molecule has 0 saturated carbocycles. The third kappa shape index (κ3) is 5.84.